The molecule has 2 aromatic rings. The molecule has 1 saturated carbocycles. The summed E-state index contributed by atoms with van der Waals surface area (Å²) >= 11 is 1.48. The van der Waals surface area contributed by atoms with E-state index in [1.807, 2.05) is 13.0 Å². The second-order valence-corrected chi connectivity index (χ2v) is 7.37. The number of fused-ring (bicyclic) bond motifs is 1. The molecule has 0 aromatic carbocycles. The molecule has 118 valence electrons. The summed E-state index contributed by atoms with van der Waals surface area (Å²) < 4.78 is 6.85. The Morgan fingerprint density at radius 3 is 3.09 bits per heavy atom. The Labute approximate surface area is 132 Å². The number of aryl methyl sites for hydroxylation is 1. The van der Waals surface area contributed by atoms with Crippen LogP contribution in [0.5, 0.6) is 0 Å². The lowest BCUT2D eigenvalue weighted by Crippen LogP contribution is -2.30. The van der Waals surface area contributed by atoms with E-state index < -0.39 is 0 Å². The van der Waals surface area contributed by atoms with Gasteiger partial charge in [-0.2, -0.15) is 0 Å². The minimum Gasteiger partial charge on any atom is -0.461 e. The average Bonchev–Trinajstić information content (AvgIpc) is 2.83. The molecule has 0 N–H and O–H groups in total. The molecule has 0 unspecified atom stereocenters. The van der Waals surface area contributed by atoms with Crippen LogP contribution >= 0.6 is 11.3 Å². The van der Waals surface area contributed by atoms with Gasteiger partial charge in [-0.1, -0.05) is 13.3 Å². The van der Waals surface area contributed by atoms with Crippen LogP contribution in [0, 0.1) is 12.8 Å². The lowest BCUT2D eigenvalue weighted by Gasteiger charge is -2.26. The summed E-state index contributed by atoms with van der Waals surface area (Å²) in [6.45, 7) is 4.05. The third-order valence-electron chi connectivity index (χ3n) is 4.13. The predicted molar refractivity (Wildman–Crippen MR) is 86.1 cm³/mol. The Hall–Kier alpha value is -1.69. The van der Waals surface area contributed by atoms with Gasteiger partial charge in [0, 0.05) is 4.88 Å². The van der Waals surface area contributed by atoms with E-state index >= 15 is 0 Å². The summed E-state index contributed by atoms with van der Waals surface area (Å²) in [4.78, 5) is 30.4. The predicted octanol–water partition coefficient (Wildman–Crippen LogP) is 2.89. The molecule has 22 heavy (non-hydrogen) atoms. The van der Waals surface area contributed by atoms with Crippen LogP contribution in [-0.4, -0.2) is 21.6 Å². The molecule has 2 heterocycles. The molecule has 0 saturated heterocycles. The highest BCUT2D eigenvalue weighted by atomic mass is 32.1. The number of thiophene rings is 1. The van der Waals surface area contributed by atoms with Crippen molar-refractivity contribution in [1.82, 2.24) is 9.55 Å². The fourth-order valence-electron chi connectivity index (χ4n) is 3.04. The number of hydrogen-bond donors (Lipinski definition) is 0. The molecule has 5 nitrogen and oxygen atoms in total. The van der Waals surface area contributed by atoms with E-state index in [1.165, 1.54) is 28.7 Å². The molecule has 0 spiro atoms. The van der Waals surface area contributed by atoms with Gasteiger partial charge in [0.2, 0.25) is 0 Å². The van der Waals surface area contributed by atoms with Crippen LogP contribution in [0.4, 0.5) is 0 Å². The van der Waals surface area contributed by atoms with Crippen molar-refractivity contribution in [3.8, 4) is 0 Å². The second-order valence-electron chi connectivity index (χ2n) is 6.14. The first-order valence-corrected chi connectivity index (χ1v) is 8.49. The summed E-state index contributed by atoms with van der Waals surface area (Å²) in [7, 11) is 0. The van der Waals surface area contributed by atoms with Crippen molar-refractivity contribution in [3.05, 3.63) is 27.6 Å². The number of ether oxygens (including phenoxy) is 1. The first-order valence-electron chi connectivity index (χ1n) is 7.68. The number of esters is 1. The highest BCUT2D eigenvalue weighted by Gasteiger charge is 2.22. The van der Waals surface area contributed by atoms with Crippen molar-refractivity contribution in [1.29, 1.82) is 0 Å². The Kier molecular flexibility index (Phi) is 4.29. The lowest BCUT2D eigenvalue weighted by atomic mass is 9.89. The second kappa shape index (κ2) is 6.20. The Bertz CT molecular complexity index is 749. The quantitative estimate of drug-likeness (QED) is 0.816. The third kappa shape index (κ3) is 3.21. The highest BCUT2D eigenvalue weighted by Crippen LogP contribution is 2.25. The van der Waals surface area contributed by atoms with Gasteiger partial charge >= 0.3 is 5.97 Å². The Morgan fingerprint density at radius 2 is 2.32 bits per heavy atom. The van der Waals surface area contributed by atoms with Crippen molar-refractivity contribution in [2.75, 3.05) is 0 Å². The number of hydrogen-bond acceptors (Lipinski definition) is 5. The van der Waals surface area contributed by atoms with Crippen molar-refractivity contribution >= 4 is 27.5 Å². The molecular weight excluding hydrogens is 300 g/mol. The maximum absolute atomic E-state index is 12.3. The van der Waals surface area contributed by atoms with Gasteiger partial charge in [0.15, 0.2) is 0 Å². The molecule has 6 heteroatoms. The minimum absolute atomic E-state index is 0.00738. The van der Waals surface area contributed by atoms with E-state index in [4.69, 9.17) is 4.74 Å². The number of carbonyl (C=O) groups excluding carboxylic acids is 1. The van der Waals surface area contributed by atoms with E-state index in [-0.39, 0.29) is 24.2 Å². The van der Waals surface area contributed by atoms with Crippen molar-refractivity contribution in [2.24, 2.45) is 5.92 Å². The van der Waals surface area contributed by atoms with Gasteiger partial charge < -0.3 is 4.74 Å². The van der Waals surface area contributed by atoms with Gasteiger partial charge in [0.25, 0.3) is 5.56 Å². The van der Waals surface area contributed by atoms with E-state index in [1.54, 1.807) is 0 Å². The smallest absolute Gasteiger partial charge is 0.326 e. The standard InChI is InChI=1S/C16H20N2O3S/c1-10-4-3-5-12(6-10)21-14(19)8-18-9-17-15-13(16(18)20)7-11(2)22-15/h7,9-10,12H,3-6,8H2,1-2H3/t10-,12-/m0/s1. The van der Waals surface area contributed by atoms with Crippen LogP contribution in [0.25, 0.3) is 10.2 Å². The van der Waals surface area contributed by atoms with Gasteiger partial charge in [0.05, 0.1) is 11.7 Å². The summed E-state index contributed by atoms with van der Waals surface area (Å²) in [6.07, 6.45) is 5.57. The third-order valence-corrected chi connectivity index (χ3v) is 5.09. The number of rotatable bonds is 3. The molecule has 0 amide bonds. The van der Waals surface area contributed by atoms with Gasteiger partial charge in [-0.25, -0.2) is 4.98 Å². The summed E-state index contributed by atoms with van der Waals surface area (Å²) in [5, 5.41) is 0.573. The van der Waals surface area contributed by atoms with Gasteiger partial charge in [-0.05, 0) is 38.2 Å². The molecule has 1 aliphatic rings. The average molecular weight is 320 g/mol. The molecule has 1 aliphatic carbocycles. The largest absolute Gasteiger partial charge is 0.461 e. The summed E-state index contributed by atoms with van der Waals surface area (Å²) in [6, 6.07) is 1.82. The SMILES string of the molecule is Cc1cc2c(=O)n(CC(=O)O[C@H]3CCC[C@H](C)C3)cnc2s1. The van der Waals surface area contributed by atoms with Crippen molar-refractivity contribution in [2.45, 2.75) is 52.2 Å². The van der Waals surface area contributed by atoms with Crippen molar-refractivity contribution < 1.29 is 9.53 Å². The van der Waals surface area contributed by atoms with E-state index in [0.29, 0.717) is 16.1 Å². The molecule has 0 bridgehead atoms. The van der Waals surface area contributed by atoms with Crippen LogP contribution < -0.4 is 5.56 Å². The van der Waals surface area contributed by atoms with Gasteiger partial charge in [-0.15, -0.1) is 11.3 Å². The van der Waals surface area contributed by atoms with Crippen molar-refractivity contribution in [3.63, 3.8) is 0 Å². The topological polar surface area (TPSA) is 61.2 Å². The molecule has 0 radical (unpaired) electrons. The van der Waals surface area contributed by atoms with E-state index in [0.717, 1.165) is 24.1 Å². The first-order chi connectivity index (χ1) is 10.5. The molecule has 2 aromatic heterocycles. The molecule has 0 aliphatic heterocycles. The number of carbonyl (C=O) groups is 1. The van der Waals surface area contributed by atoms with Crippen LogP contribution in [0.15, 0.2) is 17.2 Å². The number of aromatic nitrogens is 2. The fraction of sp³-hybridized carbons (Fsp3) is 0.562. The zero-order valence-corrected chi connectivity index (χ0v) is 13.7. The van der Waals surface area contributed by atoms with E-state index in [2.05, 4.69) is 11.9 Å². The van der Waals surface area contributed by atoms with Crippen LogP contribution in [-0.2, 0) is 16.1 Å². The lowest BCUT2D eigenvalue weighted by molar-refractivity contribution is -0.152. The highest BCUT2D eigenvalue weighted by molar-refractivity contribution is 7.18. The fourth-order valence-corrected chi connectivity index (χ4v) is 3.88. The Balaban J connectivity index is 1.71. The van der Waals surface area contributed by atoms with Crippen LogP contribution in [0.3, 0.4) is 0 Å². The minimum atomic E-state index is -0.352. The monoisotopic (exact) mass is 320 g/mol. The maximum atomic E-state index is 12.3. The molecule has 2 atom stereocenters. The molecular formula is C16H20N2O3S. The summed E-state index contributed by atoms with van der Waals surface area (Å²) in [5.41, 5.74) is -0.177. The first kappa shape index (κ1) is 15.2. The Morgan fingerprint density at radius 1 is 1.50 bits per heavy atom. The zero-order chi connectivity index (χ0) is 15.7. The van der Waals surface area contributed by atoms with Crippen LogP contribution in [0.2, 0.25) is 0 Å². The maximum Gasteiger partial charge on any atom is 0.326 e. The van der Waals surface area contributed by atoms with Gasteiger partial charge in [-0.3, -0.25) is 14.2 Å². The van der Waals surface area contributed by atoms with Crippen LogP contribution in [0.1, 0.15) is 37.5 Å². The molecule has 1 fully saturated rings. The zero-order valence-electron chi connectivity index (χ0n) is 12.9. The summed E-state index contributed by atoms with van der Waals surface area (Å²) in [5.74, 6) is 0.246. The van der Waals surface area contributed by atoms with E-state index in [9.17, 15) is 9.59 Å². The van der Waals surface area contributed by atoms with Gasteiger partial charge in [0.1, 0.15) is 17.5 Å². The molecule has 3 rings (SSSR count). The normalized spacial score (nSPS) is 21.9. The number of nitrogens with zero attached hydrogens (tertiary/aromatic N) is 2.